The van der Waals surface area contributed by atoms with Crippen molar-refractivity contribution in [3.05, 3.63) is 24.2 Å². The molecule has 2 aromatic rings. The molecule has 2 heterocycles. The zero-order valence-corrected chi connectivity index (χ0v) is 10.1. The molecule has 0 unspecified atom stereocenters. The van der Waals surface area contributed by atoms with Gasteiger partial charge in [0.15, 0.2) is 0 Å². The van der Waals surface area contributed by atoms with Crippen LogP contribution < -0.4 is 5.32 Å². The van der Waals surface area contributed by atoms with Crippen molar-refractivity contribution >= 4 is 5.95 Å². The van der Waals surface area contributed by atoms with Crippen LogP contribution in [0.1, 0.15) is 19.5 Å². The molecule has 0 aliphatic heterocycles. The van der Waals surface area contributed by atoms with Crippen LogP contribution in [0.25, 0.3) is 5.82 Å². The smallest absolute Gasteiger partial charge is 0.209 e. The van der Waals surface area contributed by atoms with E-state index in [2.05, 4.69) is 29.2 Å². The van der Waals surface area contributed by atoms with Crippen LogP contribution in [0.2, 0.25) is 0 Å². The molecule has 0 bridgehead atoms. The first-order chi connectivity index (χ1) is 7.58. The van der Waals surface area contributed by atoms with Gasteiger partial charge < -0.3 is 5.32 Å². The fraction of sp³-hybridized carbons (Fsp3) is 0.455. The van der Waals surface area contributed by atoms with Crippen LogP contribution in [-0.4, -0.2) is 25.4 Å². The Morgan fingerprint density at radius 2 is 2.12 bits per heavy atom. The number of nitrogens with one attached hydrogen (secondary N) is 1. The summed E-state index contributed by atoms with van der Waals surface area (Å²) in [5.41, 5.74) is 0.990. The summed E-state index contributed by atoms with van der Waals surface area (Å²) in [6.07, 6.45) is 3.78. The van der Waals surface area contributed by atoms with E-state index in [0.29, 0.717) is 6.04 Å². The van der Waals surface area contributed by atoms with E-state index in [1.807, 2.05) is 35.5 Å². The first-order valence-corrected chi connectivity index (χ1v) is 5.39. The quantitative estimate of drug-likeness (QED) is 0.855. The van der Waals surface area contributed by atoms with Gasteiger partial charge in [-0.05, 0) is 20.8 Å². The second-order valence-electron chi connectivity index (χ2n) is 4.19. The molecule has 2 aromatic heterocycles. The zero-order valence-electron chi connectivity index (χ0n) is 10.1. The van der Waals surface area contributed by atoms with Gasteiger partial charge in [0.25, 0.3) is 0 Å². The van der Waals surface area contributed by atoms with Crippen molar-refractivity contribution in [3.8, 4) is 5.82 Å². The van der Waals surface area contributed by atoms with Gasteiger partial charge in [-0.15, -0.1) is 0 Å². The molecule has 0 atom stereocenters. The molecule has 86 valence electrons. The van der Waals surface area contributed by atoms with E-state index >= 15 is 0 Å². The van der Waals surface area contributed by atoms with E-state index < -0.39 is 0 Å². The molecule has 1 N–H and O–H groups in total. The summed E-state index contributed by atoms with van der Waals surface area (Å²) in [7, 11) is 1.92. The second-order valence-corrected chi connectivity index (χ2v) is 4.19. The van der Waals surface area contributed by atoms with Crippen molar-refractivity contribution in [1.82, 2.24) is 19.3 Å². The molecule has 0 radical (unpaired) electrons. The lowest BCUT2D eigenvalue weighted by Gasteiger charge is -2.11. The highest BCUT2D eigenvalue weighted by molar-refractivity contribution is 5.39. The predicted molar refractivity (Wildman–Crippen MR) is 63.8 cm³/mol. The topological polar surface area (TPSA) is 47.7 Å². The molecular formula is C11H17N5. The SMILES string of the molecule is Cc1cn(-c2ccnn2C)c(NC(C)C)n1. The van der Waals surface area contributed by atoms with E-state index in [0.717, 1.165) is 17.5 Å². The van der Waals surface area contributed by atoms with Crippen LogP contribution in [0, 0.1) is 6.92 Å². The molecule has 5 nitrogen and oxygen atoms in total. The Kier molecular flexibility index (Phi) is 2.68. The number of hydrogen-bond acceptors (Lipinski definition) is 3. The summed E-state index contributed by atoms with van der Waals surface area (Å²) in [6, 6.07) is 2.32. The van der Waals surface area contributed by atoms with E-state index in [1.165, 1.54) is 0 Å². The molecule has 0 saturated heterocycles. The largest absolute Gasteiger partial charge is 0.353 e. The van der Waals surface area contributed by atoms with Crippen LogP contribution >= 0.6 is 0 Å². The highest BCUT2D eigenvalue weighted by atomic mass is 15.3. The lowest BCUT2D eigenvalue weighted by molar-refractivity contribution is 0.727. The third kappa shape index (κ3) is 1.93. The van der Waals surface area contributed by atoms with E-state index in [4.69, 9.17) is 0 Å². The first kappa shape index (κ1) is 10.7. The third-order valence-electron chi connectivity index (χ3n) is 2.29. The maximum absolute atomic E-state index is 4.46. The van der Waals surface area contributed by atoms with Gasteiger partial charge in [0.05, 0.1) is 11.9 Å². The number of nitrogens with zero attached hydrogens (tertiary/aromatic N) is 4. The van der Waals surface area contributed by atoms with E-state index in [1.54, 1.807) is 6.20 Å². The van der Waals surface area contributed by atoms with Crippen LogP contribution in [-0.2, 0) is 7.05 Å². The first-order valence-electron chi connectivity index (χ1n) is 5.39. The summed E-state index contributed by atoms with van der Waals surface area (Å²) >= 11 is 0. The van der Waals surface area contributed by atoms with Gasteiger partial charge >= 0.3 is 0 Å². The van der Waals surface area contributed by atoms with Gasteiger partial charge in [-0.1, -0.05) is 0 Å². The monoisotopic (exact) mass is 219 g/mol. The normalized spacial score (nSPS) is 11.1. The molecule has 0 aromatic carbocycles. The molecule has 0 spiro atoms. The second kappa shape index (κ2) is 4.00. The molecule has 2 rings (SSSR count). The van der Waals surface area contributed by atoms with Crippen molar-refractivity contribution in [2.75, 3.05) is 5.32 Å². The zero-order chi connectivity index (χ0) is 11.7. The minimum atomic E-state index is 0.355. The van der Waals surface area contributed by atoms with Gasteiger partial charge in [-0.2, -0.15) is 5.10 Å². The minimum Gasteiger partial charge on any atom is -0.353 e. The van der Waals surface area contributed by atoms with Crippen molar-refractivity contribution < 1.29 is 0 Å². The average molecular weight is 219 g/mol. The Balaban J connectivity index is 2.44. The van der Waals surface area contributed by atoms with Crippen molar-refractivity contribution in [3.63, 3.8) is 0 Å². The highest BCUT2D eigenvalue weighted by Gasteiger charge is 2.10. The number of aryl methyl sites for hydroxylation is 2. The van der Waals surface area contributed by atoms with E-state index in [-0.39, 0.29) is 0 Å². The number of imidazole rings is 1. The number of rotatable bonds is 3. The Hall–Kier alpha value is -1.78. The molecule has 5 heteroatoms. The summed E-state index contributed by atoms with van der Waals surface area (Å²) in [5.74, 6) is 1.86. The van der Waals surface area contributed by atoms with Crippen LogP contribution in [0.3, 0.4) is 0 Å². The molecule has 0 fully saturated rings. The minimum absolute atomic E-state index is 0.355. The summed E-state index contributed by atoms with van der Waals surface area (Å²) in [4.78, 5) is 4.46. The maximum Gasteiger partial charge on any atom is 0.209 e. The molecule has 0 aliphatic rings. The summed E-state index contributed by atoms with van der Waals surface area (Å²) in [5, 5.41) is 7.48. The Morgan fingerprint density at radius 3 is 2.69 bits per heavy atom. The third-order valence-corrected chi connectivity index (χ3v) is 2.29. The standard InChI is InChI=1S/C11H17N5/c1-8(2)13-11-14-9(3)7-16(11)10-5-6-12-15(10)4/h5-8H,1-4H3,(H,13,14). The predicted octanol–water partition coefficient (Wildman–Crippen LogP) is 1.73. The van der Waals surface area contributed by atoms with Gasteiger partial charge in [0.2, 0.25) is 5.95 Å². The number of hydrogen-bond donors (Lipinski definition) is 1. The Morgan fingerprint density at radius 1 is 1.38 bits per heavy atom. The fourth-order valence-corrected chi connectivity index (χ4v) is 1.64. The molecule has 16 heavy (non-hydrogen) atoms. The molecule has 0 aliphatic carbocycles. The number of anilines is 1. The van der Waals surface area contributed by atoms with Gasteiger partial charge in [-0.25, -0.2) is 4.98 Å². The molecule has 0 saturated carbocycles. The summed E-state index contributed by atoms with van der Waals surface area (Å²) < 4.78 is 3.84. The van der Waals surface area contributed by atoms with Crippen LogP contribution in [0.15, 0.2) is 18.5 Å². The van der Waals surface area contributed by atoms with Gasteiger partial charge in [0, 0.05) is 25.4 Å². The lowest BCUT2D eigenvalue weighted by Crippen LogP contribution is -2.15. The average Bonchev–Trinajstić information content (AvgIpc) is 2.71. The van der Waals surface area contributed by atoms with E-state index in [9.17, 15) is 0 Å². The van der Waals surface area contributed by atoms with Crippen molar-refractivity contribution in [1.29, 1.82) is 0 Å². The maximum atomic E-state index is 4.46. The van der Waals surface area contributed by atoms with Gasteiger partial charge in [-0.3, -0.25) is 9.25 Å². The van der Waals surface area contributed by atoms with Gasteiger partial charge in [0.1, 0.15) is 5.82 Å². The summed E-state index contributed by atoms with van der Waals surface area (Å²) in [6.45, 7) is 6.17. The fourth-order valence-electron chi connectivity index (χ4n) is 1.64. The Bertz CT molecular complexity index is 480. The van der Waals surface area contributed by atoms with Crippen molar-refractivity contribution in [2.45, 2.75) is 26.8 Å². The van der Waals surface area contributed by atoms with Crippen LogP contribution in [0.4, 0.5) is 5.95 Å². The molecule has 0 amide bonds. The Labute approximate surface area is 95.1 Å². The lowest BCUT2D eigenvalue weighted by atomic mass is 10.4. The van der Waals surface area contributed by atoms with Crippen LogP contribution in [0.5, 0.6) is 0 Å². The molecular weight excluding hydrogens is 202 g/mol. The number of aromatic nitrogens is 4. The highest BCUT2D eigenvalue weighted by Crippen LogP contribution is 2.16. The van der Waals surface area contributed by atoms with Crippen molar-refractivity contribution in [2.24, 2.45) is 7.05 Å².